The lowest BCUT2D eigenvalue weighted by atomic mass is 9.77. The minimum absolute atomic E-state index is 0.0203. The van der Waals surface area contributed by atoms with Gasteiger partial charge in [-0.2, -0.15) is 4.31 Å². The summed E-state index contributed by atoms with van der Waals surface area (Å²) < 4.78 is 52.0. The minimum atomic E-state index is -3.92. The van der Waals surface area contributed by atoms with Gasteiger partial charge in [0, 0.05) is 30.8 Å². The molecule has 1 aliphatic carbocycles. The third kappa shape index (κ3) is 7.60. The fourth-order valence-corrected chi connectivity index (χ4v) is 8.50. The molecule has 236 valence electrons. The van der Waals surface area contributed by atoms with Crippen molar-refractivity contribution >= 4 is 16.0 Å². The Kier molecular flexibility index (Phi) is 10.4. The Morgan fingerprint density at radius 1 is 1.05 bits per heavy atom. The van der Waals surface area contributed by atoms with E-state index in [0.29, 0.717) is 18.8 Å². The van der Waals surface area contributed by atoms with Crippen molar-refractivity contribution in [3.8, 4) is 5.75 Å². The Bertz CT molecular complexity index is 1300. The molecule has 43 heavy (non-hydrogen) atoms. The first-order chi connectivity index (χ1) is 20.7. The molecule has 0 amide bonds. The number of esters is 1. The van der Waals surface area contributed by atoms with Gasteiger partial charge in [0.15, 0.2) is 6.29 Å². The van der Waals surface area contributed by atoms with Crippen molar-refractivity contribution in [2.24, 2.45) is 23.7 Å². The Morgan fingerprint density at radius 3 is 2.49 bits per heavy atom. The van der Waals surface area contributed by atoms with E-state index in [2.05, 4.69) is 0 Å². The second-order valence-electron chi connectivity index (χ2n) is 12.5. The number of methoxy groups -OCH3 is 1. The zero-order valence-corrected chi connectivity index (χ0v) is 26.2. The van der Waals surface area contributed by atoms with Gasteiger partial charge in [0.1, 0.15) is 11.9 Å². The van der Waals surface area contributed by atoms with E-state index in [9.17, 15) is 18.3 Å². The van der Waals surface area contributed by atoms with Crippen molar-refractivity contribution in [3.63, 3.8) is 0 Å². The summed E-state index contributed by atoms with van der Waals surface area (Å²) in [7, 11) is -2.39. The van der Waals surface area contributed by atoms with E-state index >= 15 is 0 Å². The topological polar surface area (TPSA) is 112 Å². The maximum Gasteiger partial charge on any atom is 0.306 e. The number of hydrogen-bond donors (Lipinski definition) is 1. The molecule has 0 spiro atoms. The van der Waals surface area contributed by atoms with Crippen molar-refractivity contribution in [1.82, 2.24) is 4.31 Å². The van der Waals surface area contributed by atoms with E-state index in [1.807, 2.05) is 44.2 Å². The summed E-state index contributed by atoms with van der Waals surface area (Å²) in [5, 5.41) is 11.6. The van der Waals surface area contributed by atoms with Crippen LogP contribution in [-0.2, 0) is 35.4 Å². The van der Waals surface area contributed by atoms with Crippen LogP contribution in [0.25, 0.3) is 0 Å². The molecule has 7 atom stereocenters. The fourth-order valence-electron chi connectivity index (χ4n) is 6.88. The summed E-state index contributed by atoms with van der Waals surface area (Å²) in [4.78, 5) is 13.6. The predicted octanol–water partition coefficient (Wildman–Crippen LogP) is 4.43. The summed E-state index contributed by atoms with van der Waals surface area (Å²) in [6.45, 7) is 4.62. The Morgan fingerprint density at radius 2 is 1.79 bits per heavy atom. The number of fused-ring (bicyclic) bond motifs is 3. The monoisotopic (exact) mass is 615 g/mol. The third-order valence-corrected chi connectivity index (χ3v) is 10.8. The van der Waals surface area contributed by atoms with Gasteiger partial charge >= 0.3 is 5.97 Å². The number of carbonyl (C=O) groups is 1. The number of rotatable bonds is 13. The molecule has 3 aliphatic rings. The first-order valence-corrected chi connectivity index (χ1v) is 16.9. The number of aliphatic hydroxyl groups is 1. The molecular weight excluding hydrogens is 570 g/mol. The molecule has 2 aromatic carbocycles. The standard InChI is InChI=1S/C33H45NO8S/c1-22(2)20-34(43(37,38)26-14-12-25(39-3)13-15-26)21-28(35)24(18-23-8-5-4-6-9-23)19-31(36)41-29-10-7-11-30-32(29)27-16-17-40-33(27)42-30/h4-6,8-9,12-15,22,24,27-30,32-33,35H,7,10-11,16-21H2,1-3H3/t24-,27+,28-,29+,30?,32?,33-/m1/s1. The molecule has 1 N–H and O–H groups in total. The van der Waals surface area contributed by atoms with Crippen LogP contribution in [0.5, 0.6) is 5.75 Å². The van der Waals surface area contributed by atoms with Gasteiger partial charge in [-0.1, -0.05) is 44.2 Å². The van der Waals surface area contributed by atoms with Gasteiger partial charge in [0.25, 0.3) is 0 Å². The first-order valence-electron chi connectivity index (χ1n) is 15.5. The van der Waals surface area contributed by atoms with Gasteiger partial charge in [-0.3, -0.25) is 4.79 Å². The lowest BCUT2D eigenvalue weighted by Crippen LogP contribution is -2.43. The highest BCUT2D eigenvalue weighted by Crippen LogP contribution is 2.47. The summed E-state index contributed by atoms with van der Waals surface area (Å²) >= 11 is 0. The van der Waals surface area contributed by atoms with Crippen LogP contribution < -0.4 is 4.74 Å². The number of hydrogen-bond acceptors (Lipinski definition) is 8. The maximum atomic E-state index is 13.7. The van der Waals surface area contributed by atoms with Gasteiger partial charge in [-0.15, -0.1) is 0 Å². The molecule has 2 aliphatic heterocycles. The number of carbonyl (C=O) groups excluding carboxylic acids is 1. The summed E-state index contributed by atoms with van der Waals surface area (Å²) in [6, 6.07) is 15.9. The largest absolute Gasteiger partial charge is 0.497 e. The van der Waals surface area contributed by atoms with Crippen LogP contribution in [0.1, 0.15) is 51.5 Å². The molecule has 3 fully saturated rings. The summed E-state index contributed by atoms with van der Waals surface area (Å²) in [5.41, 5.74) is 0.959. The number of benzene rings is 2. The third-order valence-electron chi connectivity index (χ3n) is 8.98. The van der Waals surface area contributed by atoms with Crippen LogP contribution >= 0.6 is 0 Å². The smallest absolute Gasteiger partial charge is 0.306 e. The summed E-state index contributed by atoms with van der Waals surface area (Å²) in [6.07, 6.45) is 2.44. The van der Waals surface area contributed by atoms with E-state index in [0.717, 1.165) is 31.2 Å². The average molecular weight is 616 g/mol. The first kappa shape index (κ1) is 31.9. The highest BCUT2D eigenvalue weighted by molar-refractivity contribution is 7.89. The Labute approximate surface area is 255 Å². The van der Waals surface area contributed by atoms with Crippen LogP contribution in [0, 0.1) is 23.7 Å². The van der Waals surface area contributed by atoms with E-state index < -0.39 is 22.0 Å². The van der Waals surface area contributed by atoms with Gasteiger partial charge in [0.2, 0.25) is 10.0 Å². The second-order valence-corrected chi connectivity index (χ2v) is 14.5. The average Bonchev–Trinajstić information content (AvgIpc) is 3.59. The van der Waals surface area contributed by atoms with Crippen LogP contribution in [0.2, 0.25) is 0 Å². The lowest BCUT2D eigenvalue weighted by molar-refractivity contribution is -0.160. The number of nitrogens with zero attached hydrogens (tertiary/aromatic N) is 1. The van der Waals surface area contributed by atoms with Crippen molar-refractivity contribution in [3.05, 3.63) is 60.2 Å². The highest BCUT2D eigenvalue weighted by Gasteiger charge is 2.53. The molecular formula is C33H45NO8S. The molecule has 0 aromatic heterocycles. The molecule has 2 heterocycles. The van der Waals surface area contributed by atoms with Crippen molar-refractivity contribution < 1.29 is 37.3 Å². The zero-order valence-electron chi connectivity index (χ0n) is 25.3. The molecule has 0 bridgehead atoms. The lowest BCUT2D eigenvalue weighted by Gasteiger charge is -2.35. The molecule has 10 heteroatoms. The fraction of sp³-hybridized carbons (Fsp3) is 0.606. The van der Waals surface area contributed by atoms with Crippen LogP contribution in [-0.4, -0.2) is 75.2 Å². The summed E-state index contributed by atoms with van der Waals surface area (Å²) in [5.74, 6) is 0.0218. The molecule has 1 saturated carbocycles. The van der Waals surface area contributed by atoms with Gasteiger partial charge in [-0.25, -0.2) is 8.42 Å². The normalized spacial score (nSPS) is 26.6. The van der Waals surface area contributed by atoms with E-state index in [-0.39, 0.29) is 66.6 Å². The number of sulfonamides is 1. The molecule has 2 saturated heterocycles. The molecule has 2 unspecified atom stereocenters. The van der Waals surface area contributed by atoms with Gasteiger partial charge in [-0.05, 0) is 67.9 Å². The van der Waals surface area contributed by atoms with Crippen molar-refractivity contribution in [1.29, 1.82) is 0 Å². The zero-order chi connectivity index (χ0) is 30.6. The van der Waals surface area contributed by atoms with Crippen LogP contribution in [0.15, 0.2) is 59.5 Å². The predicted molar refractivity (Wildman–Crippen MR) is 161 cm³/mol. The second kappa shape index (κ2) is 14.1. The molecule has 9 nitrogen and oxygen atoms in total. The Hall–Kier alpha value is -2.50. The SMILES string of the molecule is COc1ccc(S(=O)(=O)N(CC(C)C)C[C@@H](O)[C@@H](CC(=O)O[C@H]2CCCC3O[C@H]4OCC[C@H]4C32)Cc2ccccc2)cc1. The Balaban J connectivity index is 1.32. The highest BCUT2D eigenvalue weighted by atomic mass is 32.2. The van der Waals surface area contributed by atoms with Crippen molar-refractivity contribution in [2.45, 2.75) is 81.9 Å². The number of ether oxygens (including phenoxy) is 4. The minimum Gasteiger partial charge on any atom is -0.497 e. The van der Waals surface area contributed by atoms with Crippen molar-refractivity contribution in [2.75, 3.05) is 26.8 Å². The van der Waals surface area contributed by atoms with Gasteiger partial charge in [0.05, 0.1) is 37.2 Å². The quantitative estimate of drug-likeness (QED) is 0.330. The van der Waals surface area contributed by atoms with Crippen LogP contribution in [0.4, 0.5) is 0 Å². The molecule has 5 rings (SSSR count). The molecule has 0 radical (unpaired) electrons. The van der Waals surface area contributed by atoms with E-state index in [1.54, 1.807) is 12.1 Å². The number of aliphatic hydroxyl groups excluding tert-OH is 1. The van der Waals surface area contributed by atoms with E-state index in [1.165, 1.54) is 23.5 Å². The van der Waals surface area contributed by atoms with E-state index in [4.69, 9.17) is 18.9 Å². The van der Waals surface area contributed by atoms with Crippen LogP contribution in [0.3, 0.4) is 0 Å². The van der Waals surface area contributed by atoms with Gasteiger partial charge < -0.3 is 24.1 Å². The molecule has 2 aromatic rings. The maximum absolute atomic E-state index is 13.7.